The van der Waals surface area contributed by atoms with Gasteiger partial charge in [0.15, 0.2) is 6.61 Å². The van der Waals surface area contributed by atoms with Crippen LogP contribution in [0.25, 0.3) is 0 Å². The number of likely N-dealkylation sites (tertiary alicyclic amines) is 1. The van der Waals surface area contributed by atoms with Crippen molar-refractivity contribution in [2.75, 3.05) is 11.9 Å². The monoisotopic (exact) mass is 480 g/mol. The molecule has 0 bridgehead atoms. The summed E-state index contributed by atoms with van der Waals surface area (Å²) in [6, 6.07) is 13.0. The summed E-state index contributed by atoms with van der Waals surface area (Å²) < 4.78 is 5.30. The van der Waals surface area contributed by atoms with Gasteiger partial charge in [0.05, 0.1) is 11.8 Å². The lowest BCUT2D eigenvalue weighted by Crippen LogP contribution is -2.48. The first-order chi connectivity index (χ1) is 16.3. The van der Waals surface area contributed by atoms with Crippen molar-refractivity contribution < 1.29 is 23.9 Å². The summed E-state index contributed by atoms with van der Waals surface area (Å²) in [5, 5.41) is 3.13. The molecule has 0 spiro atoms. The van der Waals surface area contributed by atoms with Crippen molar-refractivity contribution in [1.29, 1.82) is 0 Å². The van der Waals surface area contributed by atoms with Crippen molar-refractivity contribution >= 4 is 41.0 Å². The van der Waals surface area contributed by atoms with E-state index in [9.17, 15) is 19.2 Å². The molecule has 0 aromatic heterocycles. The number of halogens is 1. The van der Waals surface area contributed by atoms with Crippen LogP contribution in [-0.4, -0.2) is 41.2 Å². The summed E-state index contributed by atoms with van der Waals surface area (Å²) in [5.74, 6) is -2.99. The Balaban J connectivity index is 1.49. The third-order valence-corrected chi connectivity index (χ3v) is 6.45. The number of aryl methyl sites for hydroxylation is 1. The van der Waals surface area contributed by atoms with E-state index < -0.39 is 36.4 Å². The first-order valence-electron chi connectivity index (χ1n) is 11.1. The number of carbonyl (C=O) groups is 4. The maximum atomic E-state index is 13.1. The predicted molar refractivity (Wildman–Crippen MR) is 127 cm³/mol. The van der Waals surface area contributed by atoms with Crippen molar-refractivity contribution in [1.82, 2.24) is 4.90 Å². The van der Waals surface area contributed by atoms with Crippen LogP contribution < -0.4 is 5.32 Å². The molecular formula is C26H25ClN2O5. The summed E-state index contributed by atoms with van der Waals surface area (Å²) in [4.78, 5) is 52.8. The van der Waals surface area contributed by atoms with Gasteiger partial charge in [0, 0.05) is 17.1 Å². The summed E-state index contributed by atoms with van der Waals surface area (Å²) >= 11 is 5.99. The second kappa shape index (κ2) is 10.2. The average Bonchev–Trinajstić information content (AvgIpc) is 3.09. The molecule has 1 N–H and O–H groups in total. The number of allylic oxidation sites excluding steroid dienone is 2. The molecule has 2 aliphatic rings. The summed E-state index contributed by atoms with van der Waals surface area (Å²) in [6.45, 7) is 1.26. The van der Waals surface area contributed by atoms with E-state index in [1.54, 1.807) is 18.2 Å². The first kappa shape index (κ1) is 23.7. The van der Waals surface area contributed by atoms with Crippen LogP contribution in [0.2, 0.25) is 5.02 Å². The molecule has 7 nitrogen and oxygen atoms in total. The molecule has 8 heteroatoms. The zero-order valence-electron chi connectivity index (χ0n) is 18.7. The number of esters is 1. The second-order valence-electron chi connectivity index (χ2n) is 8.52. The molecule has 3 amide bonds. The highest BCUT2D eigenvalue weighted by molar-refractivity contribution is 6.31. The standard InChI is InChI=1S/C26H25ClN2O5/c1-16-11-12-18(27)14-21(16)28-23(30)15-34-26(33)22(13-17-7-3-2-4-8-17)29-24(31)19-9-5-6-10-20(19)25(29)32/h2-8,11-12,14,19-20,22H,9-10,13,15H2,1H3,(H,28,30)/t19-,20+,22-/m1/s1. The van der Waals surface area contributed by atoms with E-state index in [0.29, 0.717) is 23.6 Å². The SMILES string of the molecule is Cc1ccc(Cl)cc1NC(=O)COC(=O)[C@@H](Cc1ccccc1)N1C(=O)[C@H]2CC=CC[C@H]2C1=O. The molecule has 0 unspecified atom stereocenters. The number of benzene rings is 2. The van der Waals surface area contributed by atoms with Gasteiger partial charge < -0.3 is 10.1 Å². The largest absolute Gasteiger partial charge is 0.454 e. The van der Waals surface area contributed by atoms with E-state index in [1.807, 2.05) is 49.4 Å². The van der Waals surface area contributed by atoms with Gasteiger partial charge in [-0.3, -0.25) is 19.3 Å². The highest BCUT2D eigenvalue weighted by Gasteiger charge is 2.51. The molecule has 1 aliphatic heterocycles. The topological polar surface area (TPSA) is 92.8 Å². The number of hydrogen-bond acceptors (Lipinski definition) is 5. The van der Waals surface area contributed by atoms with E-state index in [0.717, 1.165) is 16.0 Å². The van der Waals surface area contributed by atoms with Gasteiger partial charge in [-0.25, -0.2) is 4.79 Å². The average molecular weight is 481 g/mol. The number of fused-ring (bicyclic) bond motifs is 1. The van der Waals surface area contributed by atoms with Crippen molar-refractivity contribution in [3.8, 4) is 0 Å². The molecule has 1 fully saturated rings. The molecular weight excluding hydrogens is 456 g/mol. The minimum Gasteiger partial charge on any atom is -0.454 e. The highest BCUT2D eigenvalue weighted by atomic mass is 35.5. The molecule has 34 heavy (non-hydrogen) atoms. The molecule has 3 atom stereocenters. The molecule has 176 valence electrons. The summed E-state index contributed by atoms with van der Waals surface area (Å²) in [7, 11) is 0. The van der Waals surface area contributed by atoms with Crippen LogP contribution in [0.5, 0.6) is 0 Å². The number of ether oxygens (including phenoxy) is 1. The Kier molecular flexibility index (Phi) is 7.12. The number of carbonyl (C=O) groups excluding carboxylic acids is 4. The Morgan fingerprint density at radius 1 is 1.06 bits per heavy atom. The molecule has 1 heterocycles. The normalized spacial score (nSPS) is 20.1. The van der Waals surface area contributed by atoms with Crippen LogP contribution >= 0.6 is 11.6 Å². The molecule has 1 aliphatic carbocycles. The third kappa shape index (κ3) is 5.04. The quantitative estimate of drug-likeness (QED) is 0.370. The van der Waals surface area contributed by atoms with Gasteiger partial charge in [-0.2, -0.15) is 0 Å². The van der Waals surface area contributed by atoms with E-state index in [4.69, 9.17) is 16.3 Å². The number of hydrogen-bond donors (Lipinski definition) is 1. The fraction of sp³-hybridized carbons (Fsp3) is 0.308. The Hall–Kier alpha value is -3.45. The molecule has 2 aromatic carbocycles. The Bertz CT molecular complexity index is 1120. The second-order valence-corrected chi connectivity index (χ2v) is 8.96. The lowest BCUT2D eigenvalue weighted by Gasteiger charge is -2.25. The first-order valence-corrected chi connectivity index (χ1v) is 11.5. The number of amides is 3. The van der Waals surface area contributed by atoms with Gasteiger partial charge in [-0.15, -0.1) is 0 Å². The van der Waals surface area contributed by atoms with Gasteiger partial charge in [0.2, 0.25) is 11.8 Å². The summed E-state index contributed by atoms with van der Waals surface area (Å²) in [5.41, 5.74) is 2.09. The Morgan fingerprint density at radius 3 is 2.35 bits per heavy atom. The van der Waals surface area contributed by atoms with Crippen molar-refractivity contribution in [2.24, 2.45) is 11.8 Å². The summed E-state index contributed by atoms with van der Waals surface area (Å²) in [6.07, 6.45) is 4.84. The van der Waals surface area contributed by atoms with E-state index >= 15 is 0 Å². The van der Waals surface area contributed by atoms with Crippen LogP contribution in [0.15, 0.2) is 60.7 Å². The predicted octanol–water partition coefficient (Wildman–Crippen LogP) is 3.69. The van der Waals surface area contributed by atoms with Crippen LogP contribution in [0.4, 0.5) is 5.69 Å². The van der Waals surface area contributed by atoms with Gasteiger partial charge in [0.25, 0.3) is 5.91 Å². The lowest BCUT2D eigenvalue weighted by molar-refractivity contribution is -0.159. The smallest absolute Gasteiger partial charge is 0.330 e. The number of anilines is 1. The van der Waals surface area contributed by atoms with E-state index in [2.05, 4.69) is 5.32 Å². The van der Waals surface area contributed by atoms with Gasteiger partial charge in [0.1, 0.15) is 6.04 Å². The number of nitrogens with one attached hydrogen (secondary N) is 1. The van der Waals surface area contributed by atoms with Crippen LogP contribution in [0, 0.1) is 18.8 Å². The van der Waals surface area contributed by atoms with Crippen molar-refractivity contribution in [3.63, 3.8) is 0 Å². The maximum absolute atomic E-state index is 13.1. The minimum absolute atomic E-state index is 0.110. The Morgan fingerprint density at radius 2 is 1.71 bits per heavy atom. The molecule has 2 aromatic rings. The highest BCUT2D eigenvalue weighted by Crippen LogP contribution is 2.36. The van der Waals surface area contributed by atoms with Crippen molar-refractivity contribution in [3.05, 3.63) is 76.8 Å². The fourth-order valence-corrected chi connectivity index (χ4v) is 4.57. The van der Waals surface area contributed by atoms with Gasteiger partial charge in [-0.05, 0) is 43.0 Å². The minimum atomic E-state index is -1.14. The number of rotatable bonds is 7. The van der Waals surface area contributed by atoms with E-state index in [-0.39, 0.29) is 18.2 Å². The zero-order valence-corrected chi connectivity index (χ0v) is 19.5. The number of imide groups is 1. The fourth-order valence-electron chi connectivity index (χ4n) is 4.40. The molecule has 1 saturated heterocycles. The Labute approximate surface area is 202 Å². The molecule has 0 saturated carbocycles. The van der Waals surface area contributed by atoms with Crippen molar-refractivity contribution in [2.45, 2.75) is 32.2 Å². The number of nitrogens with zero attached hydrogens (tertiary/aromatic N) is 1. The lowest BCUT2D eigenvalue weighted by atomic mass is 9.85. The molecule has 4 rings (SSSR count). The maximum Gasteiger partial charge on any atom is 0.330 e. The molecule has 0 radical (unpaired) electrons. The van der Waals surface area contributed by atoms with Crippen LogP contribution in [0.3, 0.4) is 0 Å². The van der Waals surface area contributed by atoms with E-state index in [1.165, 1.54) is 0 Å². The van der Waals surface area contributed by atoms with Gasteiger partial charge in [-0.1, -0.05) is 60.2 Å². The van der Waals surface area contributed by atoms with Gasteiger partial charge >= 0.3 is 5.97 Å². The third-order valence-electron chi connectivity index (χ3n) is 6.22. The zero-order chi connectivity index (χ0) is 24.2. The van der Waals surface area contributed by atoms with Crippen LogP contribution in [0.1, 0.15) is 24.0 Å². The van der Waals surface area contributed by atoms with Crippen LogP contribution in [-0.2, 0) is 30.3 Å².